The summed E-state index contributed by atoms with van der Waals surface area (Å²) in [6, 6.07) is 109. The lowest BCUT2D eigenvalue weighted by Crippen LogP contribution is -1.96. The first-order chi connectivity index (χ1) is 49.5. The van der Waals surface area contributed by atoms with Crippen molar-refractivity contribution in [3.8, 4) is 90.3 Å². The van der Waals surface area contributed by atoms with Crippen LogP contribution in [0.4, 0.5) is 0 Å². The zero-order valence-corrected chi connectivity index (χ0v) is 55.0. The molecule has 0 bridgehead atoms. The quantitative estimate of drug-likeness (QED) is 0.148. The van der Waals surface area contributed by atoms with Crippen molar-refractivity contribution < 1.29 is 8.83 Å². The molecular formula is C90H52N6O2S2. The Balaban J connectivity index is 0.000000135. The Morgan fingerprint density at radius 3 is 1.15 bits per heavy atom. The van der Waals surface area contributed by atoms with Crippen molar-refractivity contribution in [2.45, 2.75) is 0 Å². The van der Waals surface area contributed by atoms with Gasteiger partial charge in [0.15, 0.2) is 11.6 Å². The summed E-state index contributed by atoms with van der Waals surface area (Å²) in [5, 5.41) is 13.9. The van der Waals surface area contributed by atoms with E-state index in [1.807, 2.05) is 77.3 Å². The van der Waals surface area contributed by atoms with Gasteiger partial charge in [-0.3, -0.25) is 0 Å². The van der Waals surface area contributed by atoms with Gasteiger partial charge in [0, 0.05) is 117 Å². The van der Waals surface area contributed by atoms with E-state index in [0.717, 1.165) is 134 Å². The maximum atomic E-state index is 6.47. The molecule has 0 atom stereocenters. The number of hydrogen-bond donors (Lipinski definition) is 0. The van der Waals surface area contributed by atoms with E-state index in [4.69, 9.17) is 38.7 Å². The highest BCUT2D eigenvalue weighted by Gasteiger charge is 2.22. The monoisotopic (exact) mass is 1310 g/mol. The van der Waals surface area contributed by atoms with Crippen molar-refractivity contribution in [2.24, 2.45) is 0 Å². The van der Waals surface area contributed by atoms with Crippen molar-refractivity contribution >= 4 is 139 Å². The molecule has 0 spiro atoms. The number of nitrogens with zero attached hydrogens (tertiary/aromatic N) is 6. The molecule has 0 fully saturated rings. The summed E-state index contributed by atoms with van der Waals surface area (Å²) in [6.07, 6.45) is 0. The van der Waals surface area contributed by atoms with Gasteiger partial charge in [0.25, 0.3) is 0 Å². The molecule has 100 heavy (non-hydrogen) atoms. The average molecular weight is 1310 g/mol. The van der Waals surface area contributed by atoms with Gasteiger partial charge in [0.2, 0.25) is 0 Å². The summed E-state index contributed by atoms with van der Waals surface area (Å²) in [7, 11) is 0. The largest absolute Gasteiger partial charge is 0.455 e. The number of thiophene rings is 2. The summed E-state index contributed by atoms with van der Waals surface area (Å²) in [5.74, 6) is 1.31. The van der Waals surface area contributed by atoms with E-state index in [1.54, 1.807) is 0 Å². The number of furan rings is 2. The van der Waals surface area contributed by atoms with Gasteiger partial charge in [-0.15, -0.1) is 22.7 Å². The molecule has 0 aliphatic rings. The molecule has 21 aromatic rings. The molecule has 0 aliphatic heterocycles. The molecule has 0 aliphatic carbocycles. The standard InChI is InChI=1S/C47H27N3OS.C43H25N3OS/c1-2-11-31-26-32(25-20-28(31)10-1)39-27-40(35-16-9-15-34-33-12-4-7-18-41(33)51-45(34)35)50-47(49-39)30-23-21-29(22-24-30)44-43-37-14-5-8-19-42(37)52-46(43)36-13-3-6-17-38(36)48-44;1-2-11-26(12-3-1)35-25-36(31-17-10-16-30-29-13-5-8-19-37(29)47-41(30)31)46-43(45-35)28-23-21-27(22-24-28)40-39-33-15-6-9-20-38(33)48-42(39)32-14-4-7-18-34(32)44-40/h1-27H;1-25H. The van der Waals surface area contributed by atoms with Crippen molar-refractivity contribution in [1.82, 2.24) is 29.9 Å². The number of para-hydroxylation sites is 6. The average Bonchev–Trinajstić information content (AvgIpc) is 1.57. The summed E-state index contributed by atoms with van der Waals surface area (Å²) in [4.78, 5) is 31.1. The van der Waals surface area contributed by atoms with Crippen LogP contribution in [0.25, 0.3) is 207 Å². The highest BCUT2D eigenvalue weighted by molar-refractivity contribution is 7.27. The minimum Gasteiger partial charge on any atom is -0.455 e. The predicted molar refractivity (Wildman–Crippen MR) is 416 cm³/mol. The summed E-state index contributed by atoms with van der Waals surface area (Å²) < 4.78 is 18.0. The molecule has 8 heterocycles. The third-order valence-corrected chi connectivity index (χ3v) is 21.6. The summed E-state index contributed by atoms with van der Waals surface area (Å²) in [5.41, 5.74) is 18.6. The van der Waals surface area contributed by atoms with Gasteiger partial charge in [-0.25, -0.2) is 29.9 Å². The van der Waals surface area contributed by atoms with Crippen LogP contribution in [-0.2, 0) is 0 Å². The fraction of sp³-hybridized carbons (Fsp3) is 0. The summed E-state index contributed by atoms with van der Waals surface area (Å²) in [6.45, 7) is 0. The maximum Gasteiger partial charge on any atom is 0.160 e. The van der Waals surface area contributed by atoms with Gasteiger partial charge in [0.05, 0.1) is 45.2 Å². The minimum atomic E-state index is 0.651. The van der Waals surface area contributed by atoms with Crippen LogP contribution in [0.3, 0.4) is 0 Å². The van der Waals surface area contributed by atoms with E-state index >= 15 is 0 Å². The highest BCUT2D eigenvalue weighted by Crippen LogP contribution is 2.46. The molecule has 8 aromatic heterocycles. The van der Waals surface area contributed by atoms with E-state index < -0.39 is 0 Å². The van der Waals surface area contributed by atoms with Gasteiger partial charge in [-0.05, 0) is 77.5 Å². The number of rotatable bonds is 8. The van der Waals surface area contributed by atoms with E-state index in [1.165, 1.54) is 61.9 Å². The van der Waals surface area contributed by atoms with Crippen LogP contribution < -0.4 is 0 Å². The van der Waals surface area contributed by atoms with Crippen LogP contribution in [0, 0.1) is 0 Å². The normalized spacial score (nSPS) is 11.8. The first kappa shape index (κ1) is 57.4. The predicted octanol–water partition coefficient (Wildman–Crippen LogP) is 25.1. The Morgan fingerprint density at radius 2 is 0.630 bits per heavy atom. The number of benzene rings is 13. The SMILES string of the molecule is c1ccc(-c2cc(-c3cccc4c3oc3ccccc34)nc(-c3ccc(-c4nc5ccccc5c5sc6ccccc6c45)cc3)n2)cc1.c1ccc2cc(-c3cc(-c4cccc5c4oc4ccccc45)nc(-c4ccc(-c5nc6ccccc6c6sc7ccccc7c56)cc4)n3)ccc2c1. The molecule has 8 nitrogen and oxygen atoms in total. The van der Waals surface area contributed by atoms with Crippen LogP contribution in [0.2, 0.25) is 0 Å². The topological polar surface area (TPSA) is 104 Å². The fourth-order valence-electron chi connectivity index (χ4n) is 14.4. The van der Waals surface area contributed by atoms with Crippen LogP contribution in [0.15, 0.2) is 324 Å². The van der Waals surface area contributed by atoms with Gasteiger partial charge in [-0.1, -0.05) is 249 Å². The van der Waals surface area contributed by atoms with Crippen LogP contribution >= 0.6 is 22.7 Å². The molecule has 13 aromatic carbocycles. The second kappa shape index (κ2) is 23.5. The van der Waals surface area contributed by atoms with Crippen molar-refractivity contribution in [3.63, 3.8) is 0 Å². The molecule has 0 saturated carbocycles. The zero-order chi connectivity index (χ0) is 65.8. The summed E-state index contributed by atoms with van der Waals surface area (Å²) >= 11 is 3.67. The molecule has 0 amide bonds. The van der Waals surface area contributed by atoms with E-state index in [-0.39, 0.29) is 0 Å². The molecule has 0 unspecified atom stereocenters. The van der Waals surface area contributed by atoms with Gasteiger partial charge in [-0.2, -0.15) is 0 Å². The molecular weight excluding hydrogens is 1260 g/mol. The third-order valence-electron chi connectivity index (χ3n) is 19.2. The first-order valence-corrected chi connectivity index (χ1v) is 34.9. The molecule has 21 rings (SSSR count). The van der Waals surface area contributed by atoms with E-state index in [0.29, 0.717) is 11.6 Å². The van der Waals surface area contributed by atoms with Crippen LogP contribution in [-0.4, -0.2) is 29.9 Å². The number of aromatic nitrogens is 6. The smallest absolute Gasteiger partial charge is 0.160 e. The van der Waals surface area contributed by atoms with Gasteiger partial charge >= 0.3 is 0 Å². The maximum absolute atomic E-state index is 6.47. The molecule has 0 saturated heterocycles. The second-order valence-corrected chi connectivity index (χ2v) is 27.2. The Morgan fingerprint density at radius 1 is 0.240 bits per heavy atom. The fourth-order valence-corrected chi connectivity index (χ4v) is 16.8. The number of fused-ring (bicyclic) bond motifs is 17. The lowest BCUT2D eigenvalue weighted by Gasteiger charge is -2.11. The zero-order valence-electron chi connectivity index (χ0n) is 53.3. The number of pyridine rings is 2. The lowest BCUT2D eigenvalue weighted by molar-refractivity contribution is 0.669. The van der Waals surface area contributed by atoms with Crippen molar-refractivity contribution in [3.05, 3.63) is 315 Å². The second-order valence-electron chi connectivity index (χ2n) is 25.1. The Kier molecular flexibility index (Phi) is 13.5. The number of hydrogen-bond acceptors (Lipinski definition) is 10. The van der Waals surface area contributed by atoms with Crippen LogP contribution in [0.1, 0.15) is 0 Å². The molecule has 0 N–H and O–H groups in total. The molecule has 0 radical (unpaired) electrons. The van der Waals surface area contributed by atoms with E-state index in [9.17, 15) is 0 Å². The first-order valence-electron chi connectivity index (χ1n) is 33.3. The van der Waals surface area contributed by atoms with E-state index in [2.05, 4.69) is 261 Å². The third kappa shape index (κ3) is 9.71. The Labute approximate surface area is 580 Å². The van der Waals surface area contributed by atoms with Gasteiger partial charge in [0.1, 0.15) is 22.3 Å². The lowest BCUT2D eigenvalue weighted by atomic mass is 10.0. The van der Waals surface area contributed by atoms with Crippen LogP contribution in [0.5, 0.6) is 0 Å². The van der Waals surface area contributed by atoms with Crippen molar-refractivity contribution in [1.29, 1.82) is 0 Å². The molecule has 466 valence electrons. The Hall–Kier alpha value is -12.9. The van der Waals surface area contributed by atoms with Crippen molar-refractivity contribution in [2.75, 3.05) is 0 Å². The van der Waals surface area contributed by atoms with Gasteiger partial charge < -0.3 is 8.83 Å². The molecule has 10 heteroatoms. The Bertz CT molecular complexity index is 6850. The minimum absolute atomic E-state index is 0.651. The highest BCUT2D eigenvalue weighted by atomic mass is 32.1.